The zero-order chi connectivity index (χ0) is 13.3. The summed E-state index contributed by atoms with van der Waals surface area (Å²) in [5, 5.41) is 14.0. The normalized spacial score (nSPS) is 15.7. The van der Waals surface area contributed by atoms with Gasteiger partial charge in [0.15, 0.2) is 0 Å². The summed E-state index contributed by atoms with van der Waals surface area (Å²) in [4.78, 5) is 11.7. The maximum atomic E-state index is 11.7. The Morgan fingerprint density at radius 3 is 2.68 bits per heavy atom. The molecule has 1 amide bonds. The number of amides is 1. The molecule has 2 aromatic carbocycles. The lowest BCUT2D eigenvalue weighted by molar-refractivity contribution is -0.121. The van der Waals surface area contributed by atoms with Gasteiger partial charge in [-0.1, -0.05) is 42.5 Å². The van der Waals surface area contributed by atoms with Gasteiger partial charge in [-0.25, -0.2) is 0 Å². The summed E-state index contributed by atoms with van der Waals surface area (Å²) >= 11 is 0. The molecule has 2 aromatic rings. The molecular weight excluding hydrogens is 236 g/mol. The Labute approximate surface area is 111 Å². The summed E-state index contributed by atoms with van der Waals surface area (Å²) in [5.74, 6) is -0.187. The third kappa shape index (κ3) is 2.06. The van der Waals surface area contributed by atoms with Gasteiger partial charge in [0.05, 0.1) is 11.6 Å². The number of nitrogens with zero attached hydrogens (tertiary/aromatic N) is 1. The zero-order valence-corrected chi connectivity index (χ0v) is 10.5. The van der Waals surface area contributed by atoms with Crippen LogP contribution in [0, 0.1) is 11.3 Å². The Bertz CT molecular complexity index is 675. The number of hydrogen-bond acceptors (Lipinski definition) is 2. The lowest BCUT2D eigenvalue weighted by Crippen LogP contribution is -2.34. The Hall–Kier alpha value is -2.34. The quantitative estimate of drug-likeness (QED) is 0.910. The number of carbonyl (C=O) groups excluding carboxylic acids is 1. The first-order valence-corrected chi connectivity index (χ1v) is 6.41. The molecule has 1 aliphatic rings. The number of fused-ring (bicyclic) bond motifs is 1. The first-order chi connectivity index (χ1) is 9.25. The number of rotatable bonds is 3. The molecule has 1 N–H and O–H groups in total. The Morgan fingerprint density at radius 2 is 1.95 bits per heavy atom. The molecule has 0 aliphatic heterocycles. The minimum atomic E-state index is -0.255. The molecule has 3 nitrogen and oxygen atoms in total. The third-order valence-corrected chi connectivity index (χ3v) is 3.67. The van der Waals surface area contributed by atoms with Crippen molar-refractivity contribution in [3.8, 4) is 6.07 Å². The second-order valence-corrected chi connectivity index (χ2v) is 4.99. The van der Waals surface area contributed by atoms with E-state index in [9.17, 15) is 4.79 Å². The van der Waals surface area contributed by atoms with E-state index in [1.807, 2.05) is 24.3 Å². The van der Waals surface area contributed by atoms with Gasteiger partial charge in [-0.2, -0.15) is 5.26 Å². The Morgan fingerprint density at radius 1 is 1.21 bits per heavy atom. The predicted octanol–water partition coefficient (Wildman–Crippen LogP) is 2.86. The number of nitriles is 1. The van der Waals surface area contributed by atoms with Gasteiger partial charge in [0.25, 0.3) is 0 Å². The molecule has 0 radical (unpaired) electrons. The van der Waals surface area contributed by atoms with Gasteiger partial charge < -0.3 is 5.32 Å². The van der Waals surface area contributed by atoms with E-state index in [0.717, 1.165) is 18.4 Å². The molecule has 0 aromatic heterocycles. The van der Waals surface area contributed by atoms with Gasteiger partial charge in [-0.15, -0.1) is 0 Å². The summed E-state index contributed by atoms with van der Waals surface area (Å²) in [7, 11) is 0. The van der Waals surface area contributed by atoms with E-state index in [4.69, 9.17) is 5.26 Å². The zero-order valence-electron chi connectivity index (χ0n) is 10.5. The lowest BCUT2D eigenvalue weighted by Gasteiger charge is -2.19. The van der Waals surface area contributed by atoms with Crippen LogP contribution in [-0.2, 0) is 10.3 Å². The van der Waals surface area contributed by atoms with Gasteiger partial charge in [0.2, 0.25) is 5.91 Å². The first-order valence-electron chi connectivity index (χ1n) is 6.41. The van der Waals surface area contributed by atoms with E-state index in [1.165, 1.54) is 10.8 Å². The van der Waals surface area contributed by atoms with Gasteiger partial charge in [-0.3, -0.25) is 4.79 Å². The second kappa shape index (κ2) is 4.40. The fraction of sp³-hybridized carbons (Fsp3) is 0.250. The Balaban J connectivity index is 2.00. The second-order valence-electron chi connectivity index (χ2n) is 4.99. The summed E-state index contributed by atoms with van der Waals surface area (Å²) < 4.78 is 0. The van der Waals surface area contributed by atoms with Crippen molar-refractivity contribution in [1.82, 2.24) is 5.32 Å². The van der Waals surface area contributed by atoms with Gasteiger partial charge in [0.1, 0.15) is 6.42 Å². The van der Waals surface area contributed by atoms with E-state index < -0.39 is 0 Å². The average molecular weight is 250 g/mol. The SMILES string of the molecule is N#CCC(=O)NC1(c2cccc3ccccc23)CC1. The minimum Gasteiger partial charge on any atom is -0.346 e. The van der Waals surface area contributed by atoms with Crippen LogP contribution in [0.1, 0.15) is 24.8 Å². The van der Waals surface area contributed by atoms with E-state index in [1.54, 1.807) is 0 Å². The van der Waals surface area contributed by atoms with E-state index >= 15 is 0 Å². The molecule has 1 fully saturated rings. The fourth-order valence-corrected chi connectivity index (χ4v) is 2.61. The topological polar surface area (TPSA) is 52.9 Å². The molecule has 0 heterocycles. The molecule has 0 saturated heterocycles. The van der Waals surface area contributed by atoms with Crippen LogP contribution >= 0.6 is 0 Å². The molecule has 0 bridgehead atoms. The summed E-state index contributed by atoms with van der Waals surface area (Å²) in [6.07, 6.45) is 1.81. The molecule has 0 spiro atoms. The lowest BCUT2D eigenvalue weighted by atomic mass is 9.97. The highest BCUT2D eigenvalue weighted by molar-refractivity contribution is 5.88. The molecule has 19 heavy (non-hydrogen) atoms. The fourth-order valence-electron chi connectivity index (χ4n) is 2.61. The van der Waals surface area contributed by atoms with Crippen LogP contribution < -0.4 is 5.32 Å². The van der Waals surface area contributed by atoms with Crippen molar-refractivity contribution in [1.29, 1.82) is 5.26 Å². The summed E-state index contributed by atoms with van der Waals surface area (Å²) in [6, 6.07) is 16.2. The van der Waals surface area contributed by atoms with Gasteiger partial charge >= 0.3 is 0 Å². The number of carbonyl (C=O) groups is 1. The van der Waals surface area contributed by atoms with Crippen molar-refractivity contribution in [3.63, 3.8) is 0 Å². The summed E-state index contributed by atoms with van der Waals surface area (Å²) in [5.41, 5.74) is 0.909. The molecule has 94 valence electrons. The first kappa shape index (κ1) is 11.7. The van der Waals surface area contributed by atoms with Crippen LogP contribution in [0.15, 0.2) is 42.5 Å². The van der Waals surface area contributed by atoms with Crippen molar-refractivity contribution < 1.29 is 4.79 Å². The van der Waals surface area contributed by atoms with E-state index in [-0.39, 0.29) is 17.9 Å². The van der Waals surface area contributed by atoms with Crippen molar-refractivity contribution in [3.05, 3.63) is 48.0 Å². The van der Waals surface area contributed by atoms with Crippen molar-refractivity contribution >= 4 is 16.7 Å². The summed E-state index contributed by atoms with van der Waals surface area (Å²) in [6.45, 7) is 0. The highest BCUT2D eigenvalue weighted by Gasteiger charge is 2.46. The van der Waals surface area contributed by atoms with Crippen molar-refractivity contribution in [2.24, 2.45) is 0 Å². The predicted molar refractivity (Wildman–Crippen MR) is 73.2 cm³/mol. The van der Waals surface area contributed by atoms with Gasteiger partial charge in [-0.05, 0) is 29.2 Å². The highest BCUT2D eigenvalue weighted by Crippen LogP contribution is 2.47. The smallest absolute Gasteiger partial charge is 0.234 e. The standard InChI is InChI=1S/C16H14N2O/c17-11-8-15(19)18-16(9-10-16)14-7-3-5-12-4-1-2-6-13(12)14/h1-7H,8-10H2,(H,18,19). The monoisotopic (exact) mass is 250 g/mol. The molecule has 0 unspecified atom stereocenters. The molecule has 3 rings (SSSR count). The van der Waals surface area contributed by atoms with Crippen molar-refractivity contribution in [2.75, 3.05) is 0 Å². The maximum absolute atomic E-state index is 11.7. The Kier molecular flexibility index (Phi) is 2.72. The molecule has 0 atom stereocenters. The van der Waals surface area contributed by atoms with Crippen molar-refractivity contribution in [2.45, 2.75) is 24.8 Å². The van der Waals surface area contributed by atoms with Crippen LogP contribution in [0.2, 0.25) is 0 Å². The van der Waals surface area contributed by atoms with E-state index in [2.05, 4.69) is 29.6 Å². The van der Waals surface area contributed by atoms with E-state index in [0.29, 0.717) is 0 Å². The maximum Gasteiger partial charge on any atom is 0.234 e. The van der Waals surface area contributed by atoms with Crippen LogP contribution in [0.4, 0.5) is 0 Å². The highest BCUT2D eigenvalue weighted by atomic mass is 16.1. The molecular formula is C16H14N2O. The minimum absolute atomic E-state index is 0.0769. The van der Waals surface area contributed by atoms with Crippen LogP contribution in [0.5, 0.6) is 0 Å². The molecule has 1 aliphatic carbocycles. The number of nitrogens with one attached hydrogen (secondary N) is 1. The van der Waals surface area contributed by atoms with Crippen LogP contribution in [0.25, 0.3) is 10.8 Å². The number of benzene rings is 2. The van der Waals surface area contributed by atoms with Crippen LogP contribution in [-0.4, -0.2) is 5.91 Å². The molecule has 3 heteroatoms. The van der Waals surface area contributed by atoms with Gasteiger partial charge in [0, 0.05) is 0 Å². The van der Waals surface area contributed by atoms with Crippen LogP contribution in [0.3, 0.4) is 0 Å². The number of hydrogen-bond donors (Lipinski definition) is 1. The average Bonchev–Trinajstić information content (AvgIpc) is 3.19. The molecule has 1 saturated carbocycles. The third-order valence-electron chi connectivity index (χ3n) is 3.67. The largest absolute Gasteiger partial charge is 0.346 e.